The number of rotatable bonds is 1. The summed E-state index contributed by atoms with van der Waals surface area (Å²) in [6.07, 6.45) is 1.42. The lowest BCUT2D eigenvalue weighted by Gasteiger charge is -2.05. The quantitative estimate of drug-likeness (QED) is 0.422. The van der Waals surface area contributed by atoms with E-state index >= 15 is 0 Å². The van der Waals surface area contributed by atoms with Crippen molar-refractivity contribution in [2.45, 2.75) is 6.92 Å². The van der Waals surface area contributed by atoms with Gasteiger partial charge in [-0.15, -0.1) is 0 Å². The van der Waals surface area contributed by atoms with Gasteiger partial charge < -0.3 is 0 Å². The van der Waals surface area contributed by atoms with Gasteiger partial charge in [-0.1, -0.05) is 6.07 Å². The minimum absolute atomic E-state index is 0.0471. The van der Waals surface area contributed by atoms with E-state index in [0.717, 1.165) is 5.56 Å². The van der Waals surface area contributed by atoms with E-state index in [1.807, 2.05) is 0 Å². The van der Waals surface area contributed by atoms with E-state index in [9.17, 15) is 17.6 Å². The number of halogens is 4. The van der Waals surface area contributed by atoms with Crippen LogP contribution in [0.25, 0.3) is 11.3 Å². The lowest BCUT2D eigenvalue weighted by Crippen LogP contribution is -1.99. The molecule has 0 radical (unpaired) electrons. The summed E-state index contributed by atoms with van der Waals surface area (Å²) < 4.78 is 52.1. The van der Waals surface area contributed by atoms with E-state index in [4.69, 9.17) is 0 Å². The molecular weight excluding hydrogens is 234 g/mol. The molecule has 1 aromatic heterocycles. The van der Waals surface area contributed by atoms with Crippen LogP contribution in [0.2, 0.25) is 0 Å². The van der Waals surface area contributed by atoms with Crippen molar-refractivity contribution in [3.8, 4) is 11.3 Å². The van der Waals surface area contributed by atoms with Crippen molar-refractivity contribution in [2.75, 3.05) is 0 Å². The summed E-state index contributed by atoms with van der Waals surface area (Å²) >= 11 is 0. The van der Waals surface area contributed by atoms with Crippen molar-refractivity contribution in [3.05, 3.63) is 53.2 Å². The molecule has 5 heteroatoms. The van der Waals surface area contributed by atoms with Gasteiger partial charge in [0.25, 0.3) is 0 Å². The Morgan fingerprint density at radius 1 is 0.941 bits per heavy atom. The summed E-state index contributed by atoms with van der Waals surface area (Å²) in [5.74, 6) is -6.54. The number of benzene rings is 1. The van der Waals surface area contributed by atoms with Crippen LogP contribution >= 0.6 is 0 Å². The SMILES string of the molecule is Cc1ccc(-c2cc(F)c(F)c(F)c2F)nc1. The van der Waals surface area contributed by atoms with E-state index in [1.165, 1.54) is 12.3 Å². The molecule has 0 N–H and O–H groups in total. The standard InChI is InChI=1S/C12H7F4N/c1-6-2-3-9(17-5-6)7-4-8(13)11(15)12(16)10(7)14/h2-5H,1H3. The Balaban J connectivity index is 2.64. The van der Waals surface area contributed by atoms with Crippen molar-refractivity contribution in [1.29, 1.82) is 0 Å². The Morgan fingerprint density at radius 2 is 1.65 bits per heavy atom. The number of pyridine rings is 1. The van der Waals surface area contributed by atoms with Crippen LogP contribution in [-0.4, -0.2) is 4.98 Å². The zero-order chi connectivity index (χ0) is 12.6. The second-order valence-electron chi connectivity index (χ2n) is 3.57. The molecule has 0 aliphatic heterocycles. The third-order valence-electron chi connectivity index (χ3n) is 2.29. The first-order valence-corrected chi connectivity index (χ1v) is 4.76. The van der Waals surface area contributed by atoms with Gasteiger partial charge in [0.1, 0.15) is 0 Å². The lowest BCUT2D eigenvalue weighted by atomic mass is 10.1. The molecular formula is C12H7F4N. The van der Waals surface area contributed by atoms with E-state index in [-0.39, 0.29) is 5.69 Å². The fourth-order valence-corrected chi connectivity index (χ4v) is 1.39. The zero-order valence-corrected chi connectivity index (χ0v) is 8.77. The molecule has 0 fully saturated rings. The molecule has 0 saturated carbocycles. The van der Waals surface area contributed by atoms with E-state index < -0.39 is 28.8 Å². The van der Waals surface area contributed by atoms with Crippen molar-refractivity contribution in [2.24, 2.45) is 0 Å². The fourth-order valence-electron chi connectivity index (χ4n) is 1.39. The molecule has 17 heavy (non-hydrogen) atoms. The highest BCUT2D eigenvalue weighted by Crippen LogP contribution is 2.26. The van der Waals surface area contributed by atoms with Gasteiger partial charge in [0.2, 0.25) is 0 Å². The number of aryl methyl sites for hydroxylation is 1. The third-order valence-corrected chi connectivity index (χ3v) is 2.29. The van der Waals surface area contributed by atoms with Crippen molar-refractivity contribution in [1.82, 2.24) is 4.98 Å². The van der Waals surface area contributed by atoms with Crippen LogP contribution in [0.1, 0.15) is 5.56 Å². The predicted molar refractivity (Wildman–Crippen MR) is 54.2 cm³/mol. The zero-order valence-electron chi connectivity index (χ0n) is 8.77. The highest BCUT2D eigenvalue weighted by atomic mass is 19.2. The maximum Gasteiger partial charge on any atom is 0.198 e. The largest absolute Gasteiger partial charge is 0.256 e. The van der Waals surface area contributed by atoms with Gasteiger partial charge in [-0.3, -0.25) is 4.98 Å². The van der Waals surface area contributed by atoms with Gasteiger partial charge in [-0.05, 0) is 24.6 Å². The summed E-state index contributed by atoms with van der Waals surface area (Å²) in [7, 11) is 0. The fraction of sp³-hybridized carbons (Fsp3) is 0.0833. The van der Waals surface area contributed by atoms with Crippen LogP contribution < -0.4 is 0 Å². The minimum Gasteiger partial charge on any atom is -0.256 e. The van der Waals surface area contributed by atoms with Crippen LogP contribution in [0, 0.1) is 30.2 Å². The molecule has 0 amide bonds. The first-order valence-electron chi connectivity index (χ1n) is 4.76. The Labute approximate surface area is 94.7 Å². The summed E-state index contributed by atoms with van der Waals surface area (Å²) in [4.78, 5) is 3.83. The monoisotopic (exact) mass is 241 g/mol. The van der Waals surface area contributed by atoms with Crippen LogP contribution in [0.5, 0.6) is 0 Å². The first-order chi connectivity index (χ1) is 8.00. The van der Waals surface area contributed by atoms with Crippen molar-refractivity contribution in [3.63, 3.8) is 0 Å². The molecule has 1 aromatic carbocycles. The molecule has 1 nitrogen and oxygen atoms in total. The Kier molecular flexibility index (Phi) is 2.83. The summed E-state index contributed by atoms with van der Waals surface area (Å²) in [6, 6.07) is 3.61. The normalized spacial score (nSPS) is 10.6. The highest BCUT2D eigenvalue weighted by Gasteiger charge is 2.20. The van der Waals surface area contributed by atoms with Gasteiger partial charge in [0, 0.05) is 11.8 Å². The molecule has 2 rings (SSSR count). The topological polar surface area (TPSA) is 12.9 Å². The number of aromatic nitrogens is 1. The highest BCUT2D eigenvalue weighted by molar-refractivity contribution is 5.60. The van der Waals surface area contributed by atoms with Crippen molar-refractivity contribution >= 4 is 0 Å². The maximum absolute atomic E-state index is 13.4. The van der Waals surface area contributed by atoms with Crippen molar-refractivity contribution < 1.29 is 17.6 Å². The lowest BCUT2D eigenvalue weighted by molar-refractivity contribution is 0.410. The van der Waals surface area contributed by atoms with Crippen LogP contribution in [0.4, 0.5) is 17.6 Å². The van der Waals surface area contributed by atoms with E-state index in [1.54, 1.807) is 13.0 Å². The number of hydrogen-bond acceptors (Lipinski definition) is 1. The smallest absolute Gasteiger partial charge is 0.198 e. The Morgan fingerprint density at radius 3 is 2.24 bits per heavy atom. The molecule has 1 heterocycles. The van der Waals surface area contributed by atoms with Crippen LogP contribution in [0.3, 0.4) is 0 Å². The van der Waals surface area contributed by atoms with Crippen LogP contribution in [0.15, 0.2) is 24.4 Å². The average molecular weight is 241 g/mol. The second kappa shape index (κ2) is 4.16. The number of hydrogen-bond donors (Lipinski definition) is 0. The Bertz CT molecular complexity index is 564. The van der Waals surface area contributed by atoms with Gasteiger partial charge in [0.05, 0.1) is 5.69 Å². The summed E-state index contributed by atoms with van der Waals surface area (Å²) in [6.45, 7) is 1.76. The van der Waals surface area contributed by atoms with Gasteiger partial charge in [-0.2, -0.15) is 0 Å². The maximum atomic E-state index is 13.4. The van der Waals surface area contributed by atoms with Gasteiger partial charge in [0.15, 0.2) is 23.3 Å². The number of nitrogens with zero attached hydrogens (tertiary/aromatic N) is 1. The molecule has 0 unspecified atom stereocenters. The molecule has 0 aliphatic carbocycles. The molecule has 0 spiro atoms. The molecule has 0 aliphatic rings. The molecule has 0 saturated heterocycles. The average Bonchev–Trinajstić information content (AvgIpc) is 2.32. The van der Waals surface area contributed by atoms with Crippen LogP contribution in [-0.2, 0) is 0 Å². The van der Waals surface area contributed by atoms with E-state index in [0.29, 0.717) is 6.07 Å². The molecule has 2 aromatic rings. The minimum atomic E-state index is -1.83. The first kappa shape index (κ1) is 11.6. The summed E-state index contributed by atoms with van der Waals surface area (Å²) in [5, 5.41) is 0. The second-order valence-corrected chi connectivity index (χ2v) is 3.57. The predicted octanol–water partition coefficient (Wildman–Crippen LogP) is 3.61. The molecule has 0 atom stereocenters. The molecule has 0 bridgehead atoms. The van der Waals surface area contributed by atoms with E-state index in [2.05, 4.69) is 4.98 Å². The summed E-state index contributed by atoms with van der Waals surface area (Å²) in [5.41, 5.74) is 0.463. The third kappa shape index (κ3) is 2.00. The van der Waals surface area contributed by atoms with Gasteiger partial charge >= 0.3 is 0 Å². The molecule has 88 valence electrons. The Hall–Kier alpha value is -1.91. The van der Waals surface area contributed by atoms with Gasteiger partial charge in [-0.25, -0.2) is 17.6 Å².